The first kappa shape index (κ1) is 9.64. The number of carboxylic acid groups (broad SMARTS) is 1. The van der Waals surface area contributed by atoms with E-state index in [1.54, 1.807) is 6.20 Å². The smallest absolute Gasteiger partial charge is 0.303 e. The molecule has 1 rings (SSSR count). The Hall–Kier alpha value is -1.45. The van der Waals surface area contributed by atoms with Crippen LogP contribution in [0, 0.1) is 5.82 Å². The third kappa shape index (κ3) is 3.64. The molecular formula is C9H10FNO2. The van der Waals surface area contributed by atoms with Gasteiger partial charge in [-0.05, 0) is 24.5 Å². The molecule has 4 heteroatoms. The first-order chi connectivity index (χ1) is 6.18. The van der Waals surface area contributed by atoms with Crippen molar-refractivity contribution in [3.8, 4) is 0 Å². The number of carbonyl (C=O) groups is 1. The zero-order chi connectivity index (χ0) is 9.68. The van der Waals surface area contributed by atoms with Crippen molar-refractivity contribution < 1.29 is 14.3 Å². The van der Waals surface area contributed by atoms with Crippen molar-refractivity contribution in [2.45, 2.75) is 19.3 Å². The van der Waals surface area contributed by atoms with Crippen LogP contribution in [0.25, 0.3) is 0 Å². The Morgan fingerprint density at radius 1 is 1.54 bits per heavy atom. The summed E-state index contributed by atoms with van der Waals surface area (Å²) in [5, 5.41) is 8.36. The van der Waals surface area contributed by atoms with Crippen LogP contribution in [-0.2, 0) is 11.2 Å². The molecule has 0 aliphatic heterocycles. The molecule has 0 aromatic carbocycles. The number of halogens is 1. The molecule has 0 bridgehead atoms. The third-order valence-electron chi connectivity index (χ3n) is 1.62. The summed E-state index contributed by atoms with van der Waals surface area (Å²) >= 11 is 0. The fourth-order valence-electron chi connectivity index (χ4n) is 1.04. The lowest BCUT2D eigenvalue weighted by molar-refractivity contribution is -0.137. The monoisotopic (exact) mass is 183 g/mol. The highest BCUT2D eigenvalue weighted by atomic mass is 19.1. The molecule has 1 aromatic heterocycles. The second kappa shape index (κ2) is 4.54. The second-order valence-electron chi connectivity index (χ2n) is 2.76. The molecular weight excluding hydrogens is 173 g/mol. The molecule has 1 aromatic rings. The lowest BCUT2D eigenvalue weighted by Gasteiger charge is -1.98. The maximum atomic E-state index is 12.6. The number of aliphatic carboxylic acids is 1. The summed E-state index contributed by atoms with van der Waals surface area (Å²) in [6, 6.07) is 1.37. The van der Waals surface area contributed by atoms with Crippen LogP contribution >= 0.6 is 0 Å². The van der Waals surface area contributed by atoms with Gasteiger partial charge in [-0.1, -0.05) is 0 Å². The Morgan fingerprint density at radius 2 is 2.31 bits per heavy atom. The third-order valence-corrected chi connectivity index (χ3v) is 1.62. The zero-order valence-corrected chi connectivity index (χ0v) is 7.03. The molecule has 0 aliphatic rings. The van der Waals surface area contributed by atoms with Gasteiger partial charge in [-0.15, -0.1) is 0 Å². The van der Waals surface area contributed by atoms with E-state index in [2.05, 4.69) is 4.98 Å². The molecule has 0 unspecified atom stereocenters. The topological polar surface area (TPSA) is 50.2 Å². The first-order valence-electron chi connectivity index (χ1n) is 3.99. The Labute approximate surface area is 75.2 Å². The van der Waals surface area contributed by atoms with Gasteiger partial charge in [-0.25, -0.2) is 4.39 Å². The molecule has 0 spiro atoms. The predicted octanol–water partition coefficient (Wildman–Crippen LogP) is 1.63. The van der Waals surface area contributed by atoms with E-state index < -0.39 is 5.97 Å². The fourth-order valence-corrected chi connectivity index (χ4v) is 1.04. The largest absolute Gasteiger partial charge is 0.481 e. The highest BCUT2D eigenvalue weighted by Gasteiger charge is 1.99. The predicted molar refractivity (Wildman–Crippen MR) is 44.8 cm³/mol. The summed E-state index contributed by atoms with van der Waals surface area (Å²) in [7, 11) is 0. The quantitative estimate of drug-likeness (QED) is 0.771. The number of hydrogen-bond acceptors (Lipinski definition) is 2. The average Bonchev–Trinajstić information content (AvgIpc) is 2.03. The lowest BCUT2D eigenvalue weighted by atomic mass is 10.1. The van der Waals surface area contributed by atoms with Gasteiger partial charge in [0.05, 0.1) is 6.20 Å². The Balaban J connectivity index is 2.41. The van der Waals surface area contributed by atoms with Crippen LogP contribution in [0.5, 0.6) is 0 Å². The highest BCUT2D eigenvalue weighted by molar-refractivity contribution is 5.66. The minimum atomic E-state index is -0.829. The van der Waals surface area contributed by atoms with Gasteiger partial charge in [0.2, 0.25) is 0 Å². The van der Waals surface area contributed by atoms with Crippen molar-refractivity contribution in [3.05, 3.63) is 29.8 Å². The summed E-state index contributed by atoms with van der Waals surface area (Å²) in [4.78, 5) is 13.8. The standard InChI is InChI=1S/C9H10FNO2/c10-8-4-7(5-11-6-8)2-1-3-9(12)13/h4-6H,1-3H2,(H,12,13). The number of aryl methyl sites for hydroxylation is 1. The van der Waals surface area contributed by atoms with Gasteiger partial charge in [0, 0.05) is 12.6 Å². The minimum absolute atomic E-state index is 0.108. The van der Waals surface area contributed by atoms with E-state index >= 15 is 0 Å². The number of hydrogen-bond donors (Lipinski definition) is 1. The Bertz CT molecular complexity index is 301. The van der Waals surface area contributed by atoms with Crippen LogP contribution in [-0.4, -0.2) is 16.1 Å². The summed E-state index contributed by atoms with van der Waals surface area (Å²) in [5.41, 5.74) is 0.737. The minimum Gasteiger partial charge on any atom is -0.481 e. The number of rotatable bonds is 4. The van der Waals surface area contributed by atoms with Gasteiger partial charge in [0.25, 0.3) is 0 Å². The second-order valence-corrected chi connectivity index (χ2v) is 2.76. The molecule has 0 aliphatic carbocycles. The molecule has 3 nitrogen and oxygen atoms in total. The van der Waals surface area contributed by atoms with Crippen LogP contribution < -0.4 is 0 Å². The van der Waals surface area contributed by atoms with Gasteiger partial charge >= 0.3 is 5.97 Å². The van der Waals surface area contributed by atoms with Crippen molar-refractivity contribution in [2.24, 2.45) is 0 Å². The molecule has 1 heterocycles. The fraction of sp³-hybridized carbons (Fsp3) is 0.333. The molecule has 13 heavy (non-hydrogen) atoms. The molecule has 0 saturated heterocycles. The van der Waals surface area contributed by atoms with E-state index in [-0.39, 0.29) is 12.2 Å². The summed E-state index contributed by atoms with van der Waals surface area (Å²) in [6.07, 6.45) is 3.85. The molecule has 0 saturated carbocycles. The molecule has 0 fully saturated rings. The first-order valence-corrected chi connectivity index (χ1v) is 3.99. The van der Waals surface area contributed by atoms with Crippen molar-refractivity contribution in [1.29, 1.82) is 0 Å². The SMILES string of the molecule is O=C(O)CCCc1cncc(F)c1. The summed E-state index contributed by atoms with van der Waals surface area (Å²) in [6.45, 7) is 0. The van der Waals surface area contributed by atoms with E-state index in [1.165, 1.54) is 6.07 Å². The molecule has 0 amide bonds. The summed E-state index contributed by atoms with van der Waals surface area (Å²) < 4.78 is 12.6. The van der Waals surface area contributed by atoms with Crippen molar-refractivity contribution >= 4 is 5.97 Å². The van der Waals surface area contributed by atoms with Crippen LogP contribution in [0.15, 0.2) is 18.5 Å². The van der Waals surface area contributed by atoms with Gasteiger partial charge < -0.3 is 5.11 Å². The molecule has 70 valence electrons. The average molecular weight is 183 g/mol. The number of aromatic nitrogens is 1. The van der Waals surface area contributed by atoms with E-state index in [1.807, 2.05) is 0 Å². The molecule has 0 radical (unpaired) electrons. The maximum absolute atomic E-state index is 12.6. The van der Waals surface area contributed by atoms with E-state index in [9.17, 15) is 9.18 Å². The van der Waals surface area contributed by atoms with Gasteiger partial charge in [-0.3, -0.25) is 9.78 Å². The maximum Gasteiger partial charge on any atom is 0.303 e. The zero-order valence-electron chi connectivity index (χ0n) is 7.03. The van der Waals surface area contributed by atoms with Crippen LogP contribution in [0.2, 0.25) is 0 Å². The van der Waals surface area contributed by atoms with Gasteiger partial charge in [0.15, 0.2) is 0 Å². The van der Waals surface area contributed by atoms with Crippen molar-refractivity contribution in [1.82, 2.24) is 4.98 Å². The highest BCUT2D eigenvalue weighted by Crippen LogP contribution is 2.05. The normalized spacial score (nSPS) is 9.92. The van der Waals surface area contributed by atoms with E-state index in [4.69, 9.17) is 5.11 Å². The summed E-state index contributed by atoms with van der Waals surface area (Å²) in [5.74, 6) is -1.21. The van der Waals surface area contributed by atoms with Crippen LogP contribution in [0.1, 0.15) is 18.4 Å². The van der Waals surface area contributed by atoms with Crippen molar-refractivity contribution in [3.63, 3.8) is 0 Å². The Kier molecular flexibility index (Phi) is 3.37. The Morgan fingerprint density at radius 3 is 2.92 bits per heavy atom. The van der Waals surface area contributed by atoms with Crippen LogP contribution in [0.4, 0.5) is 4.39 Å². The van der Waals surface area contributed by atoms with E-state index in [0.29, 0.717) is 12.8 Å². The number of pyridine rings is 1. The number of carboxylic acids is 1. The van der Waals surface area contributed by atoms with Crippen LogP contribution in [0.3, 0.4) is 0 Å². The van der Waals surface area contributed by atoms with Gasteiger partial charge in [0.1, 0.15) is 5.82 Å². The number of nitrogens with zero attached hydrogens (tertiary/aromatic N) is 1. The molecule has 1 N–H and O–H groups in total. The van der Waals surface area contributed by atoms with Gasteiger partial charge in [-0.2, -0.15) is 0 Å². The van der Waals surface area contributed by atoms with E-state index in [0.717, 1.165) is 11.8 Å². The van der Waals surface area contributed by atoms with Crippen molar-refractivity contribution in [2.75, 3.05) is 0 Å². The molecule has 0 atom stereocenters. The lowest BCUT2D eigenvalue weighted by Crippen LogP contribution is -1.96.